The molecule has 3 atom stereocenters. The van der Waals surface area contributed by atoms with Gasteiger partial charge in [0.1, 0.15) is 0 Å². The molecule has 1 saturated carbocycles. The van der Waals surface area contributed by atoms with Gasteiger partial charge in [-0.15, -0.1) is 0 Å². The average molecular weight is 278 g/mol. The predicted molar refractivity (Wildman–Crippen MR) is 82.7 cm³/mol. The fraction of sp³-hybridized carbons (Fsp3) is 0.750. The van der Waals surface area contributed by atoms with Crippen molar-refractivity contribution >= 4 is 11.3 Å². The van der Waals surface area contributed by atoms with Crippen LogP contribution >= 0.6 is 11.3 Å². The van der Waals surface area contributed by atoms with Gasteiger partial charge in [0.25, 0.3) is 0 Å². The number of piperidine rings is 1. The molecule has 0 amide bonds. The maximum Gasteiger partial charge on any atom is 0.0217 e. The predicted octanol–water partition coefficient (Wildman–Crippen LogP) is 3.46. The van der Waals surface area contributed by atoms with E-state index in [-0.39, 0.29) is 0 Å². The first-order valence-electron chi connectivity index (χ1n) is 7.81. The minimum absolute atomic E-state index is 0.693. The summed E-state index contributed by atoms with van der Waals surface area (Å²) in [7, 11) is 0. The molecule has 2 N–H and O–H groups in total. The molecule has 1 aliphatic heterocycles. The Bertz CT molecular complexity index is 401. The van der Waals surface area contributed by atoms with E-state index in [1.165, 1.54) is 49.7 Å². The first kappa shape index (κ1) is 13.6. The van der Waals surface area contributed by atoms with Crippen molar-refractivity contribution in [1.29, 1.82) is 0 Å². The standard InChI is InChI=1S/C16H26N2S/c1-12-10-19-11-14(12)8-17-9-15-7-6-13-4-2-3-5-16(13)18-15/h10-11,13,15-18H,2-9H2,1H3. The summed E-state index contributed by atoms with van der Waals surface area (Å²) in [5.41, 5.74) is 2.90. The smallest absolute Gasteiger partial charge is 0.0217 e. The quantitative estimate of drug-likeness (QED) is 0.881. The highest BCUT2D eigenvalue weighted by atomic mass is 32.1. The van der Waals surface area contributed by atoms with Gasteiger partial charge in [-0.2, -0.15) is 11.3 Å². The molecule has 2 nitrogen and oxygen atoms in total. The summed E-state index contributed by atoms with van der Waals surface area (Å²) in [5.74, 6) is 0.976. The molecular weight excluding hydrogens is 252 g/mol. The van der Waals surface area contributed by atoms with Gasteiger partial charge in [-0.3, -0.25) is 0 Å². The molecule has 0 spiro atoms. The van der Waals surface area contributed by atoms with Crippen molar-refractivity contribution in [3.63, 3.8) is 0 Å². The fourth-order valence-corrected chi connectivity index (χ4v) is 4.54. The maximum atomic E-state index is 3.89. The minimum atomic E-state index is 0.693. The summed E-state index contributed by atoms with van der Waals surface area (Å²) in [5, 5.41) is 12.0. The number of thiophene rings is 1. The van der Waals surface area contributed by atoms with E-state index in [0.29, 0.717) is 6.04 Å². The Balaban J connectivity index is 1.42. The summed E-state index contributed by atoms with van der Waals surface area (Å²) in [6.07, 6.45) is 8.57. The highest BCUT2D eigenvalue weighted by molar-refractivity contribution is 7.08. The Morgan fingerprint density at radius 2 is 2.11 bits per heavy atom. The van der Waals surface area contributed by atoms with Crippen LogP contribution in [0, 0.1) is 12.8 Å². The molecule has 1 aliphatic carbocycles. The Kier molecular flexibility index (Phi) is 4.57. The molecule has 19 heavy (non-hydrogen) atoms. The van der Waals surface area contributed by atoms with Crippen molar-refractivity contribution in [3.05, 3.63) is 21.9 Å². The van der Waals surface area contributed by atoms with Gasteiger partial charge in [0.2, 0.25) is 0 Å². The second-order valence-electron chi connectivity index (χ2n) is 6.30. The molecule has 1 aromatic heterocycles. The Labute approximate surface area is 121 Å². The Morgan fingerprint density at radius 1 is 1.21 bits per heavy atom. The SMILES string of the molecule is Cc1cscc1CNCC1CCC2CCCCC2N1. The van der Waals surface area contributed by atoms with Gasteiger partial charge in [-0.1, -0.05) is 12.8 Å². The second-order valence-corrected chi connectivity index (χ2v) is 7.05. The zero-order chi connectivity index (χ0) is 13.1. The van der Waals surface area contributed by atoms with Crippen LogP contribution < -0.4 is 10.6 Å². The van der Waals surface area contributed by atoms with Crippen molar-refractivity contribution in [3.8, 4) is 0 Å². The normalized spacial score (nSPS) is 31.1. The van der Waals surface area contributed by atoms with Crippen LogP contribution in [-0.2, 0) is 6.54 Å². The summed E-state index contributed by atoms with van der Waals surface area (Å²) in [6.45, 7) is 4.36. The van der Waals surface area contributed by atoms with Crippen LogP contribution in [0.3, 0.4) is 0 Å². The number of hydrogen-bond acceptors (Lipinski definition) is 3. The third kappa shape index (κ3) is 3.39. The molecule has 0 radical (unpaired) electrons. The Morgan fingerprint density at radius 3 is 2.95 bits per heavy atom. The molecule has 3 rings (SSSR count). The average Bonchev–Trinajstić information content (AvgIpc) is 2.84. The van der Waals surface area contributed by atoms with Crippen LogP contribution in [0.25, 0.3) is 0 Å². The van der Waals surface area contributed by atoms with E-state index >= 15 is 0 Å². The minimum Gasteiger partial charge on any atom is -0.311 e. The molecule has 0 aromatic carbocycles. The van der Waals surface area contributed by atoms with Gasteiger partial charge in [0.05, 0.1) is 0 Å². The molecule has 1 saturated heterocycles. The maximum absolute atomic E-state index is 3.89. The van der Waals surface area contributed by atoms with Gasteiger partial charge in [-0.05, 0) is 60.4 Å². The van der Waals surface area contributed by atoms with Crippen LogP contribution in [0.2, 0.25) is 0 Å². The van der Waals surface area contributed by atoms with Crippen molar-refractivity contribution in [2.24, 2.45) is 5.92 Å². The molecule has 3 unspecified atom stereocenters. The van der Waals surface area contributed by atoms with E-state index in [1.54, 1.807) is 0 Å². The van der Waals surface area contributed by atoms with E-state index in [4.69, 9.17) is 0 Å². The van der Waals surface area contributed by atoms with Gasteiger partial charge < -0.3 is 10.6 Å². The zero-order valence-electron chi connectivity index (χ0n) is 12.0. The van der Waals surface area contributed by atoms with Crippen LogP contribution in [0.15, 0.2) is 10.8 Å². The van der Waals surface area contributed by atoms with E-state index in [0.717, 1.165) is 25.0 Å². The molecule has 2 heterocycles. The van der Waals surface area contributed by atoms with E-state index < -0.39 is 0 Å². The van der Waals surface area contributed by atoms with Crippen molar-refractivity contribution in [2.75, 3.05) is 6.54 Å². The number of nitrogens with one attached hydrogen (secondary N) is 2. The molecule has 2 fully saturated rings. The lowest BCUT2D eigenvalue weighted by Gasteiger charge is -2.40. The fourth-order valence-electron chi connectivity index (χ4n) is 3.68. The molecule has 1 aromatic rings. The summed E-state index contributed by atoms with van der Waals surface area (Å²) in [6, 6.07) is 1.51. The lowest BCUT2D eigenvalue weighted by molar-refractivity contribution is 0.174. The highest BCUT2D eigenvalue weighted by Crippen LogP contribution is 2.32. The van der Waals surface area contributed by atoms with Gasteiger partial charge in [-0.25, -0.2) is 0 Å². The van der Waals surface area contributed by atoms with Crippen LogP contribution in [-0.4, -0.2) is 18.6 Å². The van der Waals surface area contributed by atoms with Gasteiger partial charge in [0, 0.05) is 25.2 Å². The van der Waals surface area contributed by atoms with Gasteiger partial charge >= 0.3 is 0 Å². The van der Waals surface area contributed by atoms with Crippen molar-refractivity contribution in [2.45, 2.75) is 64.1 Å². The largest absolute Gasteiger partial charge is 0.311 e. The van der Waals surface area contributed by atoms with E-state index in [1.807, 2.05) is 11.3 Å². The lowest BCUT2D eigenvalue weighted by atomic mass is 9.78. The van der Waals surface area contributed by atoms with E-state index in [9.17, 15) is 0 Å². The zero-order valence-corrected chi connectivity index (χ0v) is 12.8. The lowest BCUT2D eigenvalue weighted by Crippen LogP contribution is -2.52. The second kappa shape index (κ2) is 6.38. The van der Waals surface area contributed by atoms with Crippen LogP contribution in [0.5, 0.6) is 0 Å². The molecule has 2 aliphatic rings. The molecule has 0 bridgehead atoms. The third-order valence-electron chi connectivity index (χ3n) is 4.91. The summed E-state index contributed by atoms with van der Waals surface area (Å²) in [4.78, 5) is 0. The monoisotopic (exact) mass is 278 g/mol. The molecule has 106 valence electrons. The first-order valence-corrected chi connectivity index (χ1v) is 8.75. The number of hydrogen-bond donors (Lipinski definition) is 2. The van der Waals surface area contributed by atoms with Gasteiger partial charge in [0.15, 0.2) is 0 Å². The first-order chi connectivity index (χ1) is 9.33. The van der Waals surface area contributed by atoms with E-state index in [2.05, 4.69) is 28.3 Å². The van der Waals surface area contributed by atoms with Crippen molar-refractivity contribution < 1.29 is 0 Å². The van der Waals surface area contributed by atoms with Crippen LogP contribution in [0.4, 0.5) is 0 Å². The third-order valence-corrected chi connectivity index (χ3v) is 5.82. The summed E-state index contributed by atoms with van der Waals surface area (Å²) < 4.78 is 0. The summed E-state index contributed by atoms with van der Waals surface area (Å²) >= 11 is 1.81. The van der Waals surface area contributed by atoms with Crippen molar-refractivity contribution in [1.82, 2.24) is 10.6 Å². The number of aryl methyl sites for hydroxylation is 1. The number of rotatable bonds is 4. The molecular formula is C16H26N2S. The Hall–Kier alpha value is -0.380. The van der Waals surface area contributed by atoms with Crippen LogP contribution in [0.1, 0.15) is 49.7 Å². The number of fused-ring (bicyclic) bond motifs is 1. The topological polar surface area (TPSA) is 24.1 Å². The molecule has 3 heteroatoms. The highest BCUT2D eigenvalue weighted by Gasteiger charge is 2.31.